The van der Waals surface area contributed by atoms with Gasteiger partial charge in [-0.2, -0.15) is 5.10 Å². The van der Waals surface area contributed by atoms with E-state index in [1.807, 2.05) is 6.92 Å². The van der Waals surface area contributed by atoms with Crippen LogP contribution in [0.1, 0.15) is 32.2 Å². The van der Waals surface area contributed by atoms with Gasteiger partial charge in [0.15, 0.2) is 0 Å². The Kier molecular flexibility index (Phi) is 2.80. The van der Waals surface area contributed by atoms with Crippen molar-refractivity contribution < 1.29 is 0 Å². The molecule has 0 aromatic carbocycles. The summed E-state index contributed by atoms with van der Waals surface area (Å²) in [7, 11) is 0. The normalized spacial score (nSPS) is 18.4. The standard InChI is InChI=1S/C11H19N5/c1-4-8-9(5-2)14-15-10(13-8)16-6-11(3,12)7-16/h4-7,12H2,1-3H3. The molecule has 5 heteroatoms. The monoisotopic (exact) mass is 221 g/mol. The average molecular weight is 221 g/mol. The molecule has 0 spiro atoms. The second-order valence-corrected chi connectivity index (χ2v) is 4.72. The molecule has 0 radical (unpaired) electrons. The van der Waals surface area contributed by atoms with Crippen LogP contribution in [0.2, 0.25) is 0 Å². The van der Waals surface area contributed by atoms with Crippen LogP contribution in [0.3, 0.4) is 0 Å². The van der Waals surface area contributed by atoms with Crippen LogP contribution in [-0.4, -0.2) is 33.8 Å². The summed E-state index contributed by atoms with van der Waals surface area (Å²) in [6.45, 7) is 7.83. The van der Waals surface area contributed by atoms with Crippen LogP contribution < -0.4 is 10.6 Å². The molecule has 0 atom stereocenters. The Labute approximate surface area is 96.1 Å². The number of nitrogens with two attached hydrogens (primary N) is 1. The predicted octanol–water partition coefficient (Wildman–Crippen LogP) is 0.534. The number of nitrogens with zero attached hydrogens (tertiary/aromatic N) is 4. The second kappa shape index (κ2) is 3.97. The van der Waals surface area contributed by atoms with Gasteiger partial charge in [0.2, 0.25) is 5.95 Å². The summed E-state index contributed by atoms with van der Waals surface area (Å²) in [5.41, 5.74) is 7.92. The average Bonchev–Trinajstić information content (AvgIpc) is 2.24. The molecular weight excluding hydrogens is 202 g/mol. The number of aryl methyl sites for hydroxylation is 2. The third kappa shape index (κ3) is 2.00. The lowest BCUT2D eigenvalue weighted by atomic mass is 9.94. The summed E-state index contributed by atoms with van der Waals surface area (Å²) in [4.78, 5) is 6.62. The van der Waals surface area contributed by atoms with Gasteiger partial charge < -0.3 is 10.6 Å². The Balaban J connectivity index is 2.18. The van der Waals surface area contributed by atoms with Gasteiger partial charge in [-0.15, -0.1) is 5.10 Å². The summed E-state index contributed by atoms with van der Waals surface area (Å²) in [6.07, 6.45) is 1.79. The molecule has 1 aliphatic heterocycles. The first kappa shape index (κ1) is 11.3. The highest BCUT2D eigenvalue weighted by Gasteiger charge is 2.36. The minimum atomic E-state index is -0.0980. The third-order valence-corrected chi connectivity index (χ3v) is 2.88. The smallest absolute Gasteiger partial charge is 0.245 e. The summed E-state index contributed by atoms with van der Waals surface area (Å²) in [6, 6.07) is 0. The number of rotatable bonds is 3. The van der Waals surface area contributed by atoms with Gasteiger partial charge in [0, 0.05) is 18.6 Å². The quantitative estimate of drug-likeness (QED) is 0.806. The third-order valence-electron chi connectivity index (χ3n) is 2.88. The van der Waals surface area contributed by atoms with E-state index in [9.17, 15) is 0 Å². The van der Waals surface area contributed by atoms with Crippen LogP contribution in [0.4, 0.5) is 5.95 Å². The summed E-state index contributed by atoms with van der Waals surface area (Å²) < 4.78 is 0. The number of aromatic nitrogens is 3. The van der Waals surface area contributed by atoms with E-state index < -0.39 is 0 Å². The van der Waals surface area contributed by atoms with Gasteiger partial charge in [-0.05, 0) is 19.8 Å². The van der Waals surface area contributed by atoms with E-state index >= 15 is 0 Å². The van der Waals surface area contributed by atoms with Crippen molar-refractivity contribution in [2.75, 3.05) is 18.0 Å². The molecule has 2 rings (SSSR count). The van der Waals surface area contributed by atoms with Crippen molar-refractivity contribution in [3.8, 4) is 0 Å². The molecule has 0 bridgehead atoms. The molecule has 1 aromatic heterocycles. The summed E-state index contributed by atoms with van der Waals surface area (Å²) >= 11 is 0. The van der Waals surface area contributed by atoms with E-state index in [0.29, 0.717) is 0 Å². The maximum atomic E-state index is 5.96. The summed E-state index contributed by atoms with van der Waals surface area (Å²) in [5.74, 6) is 0.719. The lowest BCUT2D eigenvalue weighted by Gasteiger charge is -2.45. The Morgan fingerprint density at radius 2 is 1.81 bits per heavy atom. The molecule has 88 valence electrons. The van der Waals surface area contributed by atoms with Crippen molar-refractivity contribution in [1.82, 2.24) is 15.2 Å². The Morgan fingerprint density at radius 3 is 2.31 bits per heavy atom. The van der Waals surface area contributed by atoms with Crippen LogP contribution in [0.15, 0.2) is 0 Å². The van der Waals surface area contributed by atoms with E-state index in [1.165, 1.54) is 0 Å². The van der Waals surface area contributed by atoms with Gasteiger partial charge in [0.1, 0.15) is 0 Å². The zero-order valence-electron chi connectivity index (χ0n) is 10.2. The van der Waals surface area contributed by atoms with E-state index in [1.54, 1.807) is 0 Å². The molecule has 5 nitrogen and oxygen atoms in total. The van der Waals surface area contributed by atoms with Crippen LogP contribution in [0.25, 0.3) is 0 Å². The molecule has 1 fully saturated rings. The molecule has 0 amide bonds. The molecule has 1 aliphatic rings. The number of hydrogen-bond acceptors (Lipinski definition) is 5. The predicted molar refractivity (Wildman–Crippen MR) is 63.4 cm³/mol. The fraction of sp³-hybridized carbons (Fsp3) is 0.727. The molecule has 2 heterocycles. The van der Waals surface area contributed by atoms with Crippen molar-refractivity contribution in [2.45, 2.75) is 39.2 Å². The Hall–Kier alpha value is -1.23. The maximum absolute atomic E-state index is 5.96. The lowest BCUT2D eigenvalue weighted by Crippen LogP contribution is -2.66. The topological polar surface area (TPSA) is 67.9 Å². The minimum Gasteiger partial charge on any atom is -0.336 e. The molecule has 16 heavy (non-hydrogen) atoms. The first-order valence-electron chi connectivity index (χ1n) is 5.82. The fourth-order valence-electron chi connectivity index (χ4n) is 2.03. The second-order valence-electron chi connectivity index (χ2n) is 4.72. The largest absolute Gasteiger partial charge is 0.336 e. The fourth-order valence-corrected chi connectivity index (χ4v) is 2.03. The van der Waals surface area contributed by atoms with Crippen molar-refractivity contribution in [1.29, 1.82) is 0 Å². The van der Waals surface area contributed by atoms with Gasteiger partial charge in [-0.1, -0.05) is 13.8 Å². The highest BCUT2D eigenvalue weighted by Crippen LogP contribution is 2.22. The van der Waals surface area contributed by atoms with Gasteiger partial charge in [0.05, 0.1) is 11.4 Å². The first-order valence-corrected chi connectivity index (χ1v) is 5.82. The molecule has 1 aromatic rings. The highest BCUT2D eigenvalue weighted by molar-refractivity contribution is 5.37. The van der Waals surface area contributed by atoms with Crippen molar-refractivity contribution in [3.05, 3.63) is 11.4 Å². The van der Waals surface area contributed by atoms with Gasteiger partial charge in [-0.3, -0.25) is 0 Å². The van der Waals surface area contributed by atoms with E-state index in [2.05, 4.69) is 33.9 Å². The first-order chi connectivity index (χ1) is 7.55. The molecule has 0 aliphatic carbocycles. The van der Waals surface area contributed by atoms with Crippen molar-refractivity contribution in [3.63, 3.8) is 0 Å². The van der Waals surface area contributed by atoms with Crippen LogP contribution >= 0.6 is 0 Å². The van der Waals surface area contributed by atoms with Crippen LogP contribution in [-0.2, 0) is 12.8 Å². The highest BCUT2D eigenvalue weighted by atomic mass is 15.4. The molecule has 2 N–H and O–H groups in total. The van der Waals surface area contributed by atoms with E-state index in [0.717, 1.165) is 43.3 Å². The van der Waals surface area contributed by atoms with Crippen molar-refractivity contribution >= 4 is 5.95 Å². The van der Waals surface area contributed by atoms with Crippen LogP contribution in [0, 0.1) is 0 Å². The SMILES string of the molecule is CCc1nnc(N2CC(C)(N)C2)nc1CC. The molecular formula is C11H19N5. The number of hydrogen-bond donors (Lipinski definition) is 1. The molecule has 1 saturated heterocycles. The van der Waals surface area contributed by atoms with E-state index in [4.69, 9.17) is 5.73 Å². The zero-order chi connectivity index (χ0) is 11.8. The van der Waals surface area contributed by atoms with Crippen LogP contribution in [0.5, 0.6) is 0 Å². The lowest BCUT2D eigenvalue weighted by molar-refractivity contribution is 0.358. The molecule has 0 unspecified atom stereocenters. The summed E-state index contributed by atoms with van der Waals surface area (Å²) in [5, 5.41) is 8.38. The maximum Gasteiger partial charge on any atom is 0.245 e. The minimum absolute atomic E-state index is 0.0980. The van der Waals surface area contributed by atoms with Gasteiger partial charge >= 0.3 is 0 Å². The Morgan fingerprint density at radius 1 is 1.19 bits per heavy atom. The number of anilines is 1. The van der Waals surface area contributed by atoms with Gasteiger partial charge in [0.25, 0.3) is 0 Å². The Bertz CT molecular complexity index is 380. The van der Waals surface area contributed by atoms with Crippen molar-refractivity contribution in [2.24, 2.45) is 5.73 Å². The van der Waals surface area contributed by atoms with Gasteiger partial charge in [-0.25, -0.2) is 4.98 Å². The molecule has 0 saturated carbocycles. The zero-order valence-corrected chi connectivity index (χ0v) is 10.2. The van der Waals surface area contributed by atoms with E-state index in [-0.39, 0.29) is 5.54 Å².